The van der Waals surface area contributed by atoms with Gasteiger partial charge in [0.05, 0.1) is 6.04 Å². The summed E-state index contributed by atoms with van der Waals surface area (Å²) >= 11 is 0. The number of alkyl carbamates (subject to hydrolysis) is 2. The Hall–Kier alpha value is -4.50. The zero-order chi connectivity index (χ0) is 31.7. The fourth-order valence-corrected chi connectivity index (χ4v) is 5.58. The monoisotopic (exact) mass is 599 g/mol. The summed E-state index contributed by atoms with van der Waals surface area (Å²) in [7, 11) is 0. The van der Waals surface area contributed by atoms with Crippen molar-refractivity contribution < 1.29 is 28.7 Å². The van der Waals surface area contributed by atoms with Gasteiger partial charge in [-0.15, -0.1) is 0 Å². The number of ether oxygens (including phenoxy) is 2. The molecule has 0 spiro atoms. The third kappa shape index (κ3) is 7.90. The first-order chi connectivity index (χ1) is 21.1. The van der Waals surface area contributed by atoms with E-state index in [1.54, 1.807) is 20.8 Å². The average molecular weight is 600 g/mol. The molecule has 9 heteroatoms. The number of fused-ring (bicyclic) bond motifs is 3. The van der Waals surface area contributed by atoms with Crippen molar-refractivity contribution in [2.24, 2.45) is 5.73 Å². The van der Waals surface area contributed by atoms with Crippen LogP contribution in [0.25, 0.3) is 11.1 Å². The Balaban J connectivity index is 1.57. The lowest BCUT2D eigenvalue weighted by molar-refractivity contribution is -0.132. The van der Waals surface area contributed by atoms with E-state index in [-0.39, 0.29) is 25.4 Å². The zero-order valence-electron chi connectivity index (χ0n) is 25.5. The maximum Gasteiger partial charge on any atom is 0.408 e. The largest absolute Gasteiger partial charge is 0.449 e. The molecule has 4 rings (SSSR count). The molecule has 0 aliphatic heterocycles. The minimum atomic E-state index is -1.95. The minimum Gasteiger partial charge on any atom is -0.449 e. The molecule has 4 N–H and O–H groups in total. The Morgan fingerprint density at radius 3 is 2.02 bits per heavy atom. The summed E-state index contributed by atoms with van der Waals surface area (Å²) in [6.07, 6.45) is -0.310. The van der Waals surface area contributed by atoms with Gasteiger partial charge in [-0.2, -0.15) is 0 Å². The highest BCUT2D eigenvalue weighted by atomic mass is 16.6. The van der Waals surface area contributed by atoms with Crippen molar-refractivity contribution in [3.8, 4) is 11.1 Å². The van der Waals surface area contributed by atoms with E-state index in [0.29, 0.717) is 25.7 Å². The standard InChI is InChI=1S/C35H41N3O6/c1-34(2,3)44-33(42)38-35(23-39,19-11-12-20-36)31(40)30(21-24-13-5-4-6-14-24)37-32(41)43-22-29-27-17-9-7-15-25(27)26-16-8-10-18-28(26)29/h4-10,13-18,23,29-30H,11-12,19-22,36H2,1-3H3,(H,37,41)(H,38,42)/t30-,35-/m0/s1. The van der Waals surface area contributed by atoms with Crippen LogP contribution in [0.1, 0.15) is 62.6 Å². The van der Waals surface area contributed by atoms with Gasteiger partial charge in [0.15, 0.2) is 17.6 Å². The number of hydrogen-bond acceptors (Lipinski definition) is 7. The number of aldehydes is 1. The smallest absolute Gasteiger partial charge is 0.408 e. The van der Waals surface area contributed by atoms with Crippen LogP contribution >= 0.6 is 0 Å². The van der Waals surface area contributed by atoms with Crippen molar-refractivity contribution in [1.29, 1.82) is 0 Å². The number of carbonyl (C=O) groups excluding carboxylic acids is 4. The van der Waals surface area contributed by atoms with Gasteiger partial charge >= 0.3 is 12.2 Å². The topological polar surface area (TPSA) is 137 Å². The molecule has 0 heterocycles. The number of Topliss-reactive ketones (excluding diaryl/α,β-unsaturated/α-hetero) is 1. The molecule has 0 aromatic heterocycles. The molecule has 1 aliphatic carbocycles. The van der Waals surface area contributed by atoms with Crippen molar-refractivity contribution >= 4 is 24.3 Å². The average Bonchev–Trinajstić information content (AvgIpc) is 3.32. The Morgan fingerprint density at radius 2 is 1.45 bits per heavy atom. The van der Waals surface area contributed by atoms with Crippen molar-refractivity contribution in [2.45, 2.75) is 69.6 Å². The number of nitrogens with one attached hydrogen (secondary N) is 2. The van der Waals surface area contributed by atoms with Crippen molar-refractivity contribution in [2.75, 3.05) is 13.2 Å². The SMILES string of the molecule is CC(C)(C)OC(=O)N[C@](C=O)(CCCCN)C(=O)[C@H](Cc1ccccc1)NC(=O)OCC1c2ccccc2-c2ccccc21. The molecular formula is C35H41N3O6. The predicted molar refractivity (Wildman–Crippen MR) is 168 cm³/mol. The Kier molecular flexibility index (Phi) is 10.5. The summed E-state index contributed by atoms with van der Waals surface area (Å²) in [6.45, 7) is 5.45. The van der Waals surface area contributed by atoms with Gasteiger partial charge in [-0.3, -0.25) is 4.79 Å². The number of carbonyl (C=O) groups is 4. The van der Waals surface area contributed by atoms with Gasteiger partial charge in [-0.1, -0.05) is 78.9 Å². The molecule has 1 aliphatic rings. The van der Waals surface area contributed by atoms with E-state index in [1.807, 2.05) is 78.9 Å². The van der Waals surface area contributed by atoms with Crippen LogP contribution < -0.4 is 16.4 Å². The summed E-state index contributed by atoms with van der Waals surface area (Å²) in [5.74, 6) is -0.844. The summed E-state index contributed by atoms with van der Waals surface area (Å²) < 4.78 is 11.1. The zero-order valence-corrected chi connectivity index (χ0v) is 25.5. The van der Waals surface area contributed by atoms with Gasteiger partial charge in [-0.25, -0.2) is 9.59 Å². The van der Waals surface area contributed by atoms with Crippen LogP contribution in [0.3, 0.4) is 0 Å². The molecule has 0 bridgehead atoms. The molecule has 0 saturated heterocycles. The highest BCUT2D eigenvalue weighted by molar-refractivity contribution is 6.08. The summed E-state index contributed by atoms with van der Waals surface area (Å²) in [4.78, 5) is 53.0. The number of benzene rings is 3. The molecule has 3 aromatic carbocycles. The molecule has 232 valence electrons. The first kappa shape index (κ1) is 32.4. The molecule has 0 fully saturated rings. The van der Waals surface area contributed by atoms with Gasteiger partial charge < -0.3 is 30.6 Å². The van der Waals surface area contributed by atoms with Crippen molar-refractivity contribution in [1.82, 2.24) is 10.6 Å². The number of rotatable bonds is 13. The highest BCUT2D eigenvalue weighted by Crippen LogP contribution is 2.44. The third-order valence-electron chi connectivity index (χ3n) is 7.63. The minimum absolute atomic E-state index is 0.0105. The second-order valence-corrected chi connectivity index (χ2v) is 12.0. The maximum absolute atomic E-state index is 14.2. The Bertz CT molecular complexity index is 1420. The lowest BCUT2D eigenvalue weighted by Gasteiger charge is -2.33. The van der Waals surface area contributed by atoms with E-state index in [4.69, 9.17) is 15.2 Å². The van der Waals surface area contributed by atoms with E-state index in [2.05, 4.69) is 10.6 Å². The molecule has 2 atom stereocenters. The molecular weight excluding hydrogens is 558 g/mol. The van der Waals surface area contributed by atoms with Gasteiger partial charge in [-0.05, 0) is 80.8 Å². The molecule has 2 amide bonds. The van der Waals surface area contributed by atoms with Gasteiger partial charge in [0, 0.05) is 5.92 Å². The van der Waals surface area contributed by atoms with E-state index >= 15 is 0 Å². The normalized spacial score (nSPS) is 14.4. The lowest BCUT2D eigenvalue weighted by Crippen LogP contribution is -2.63. The first-order valence-corrected chi connectivity index (χ1v) is 14.9. The van der Waals surface area contributed by atoms with E-state index in [1.165, 1.54) is 0 Å². The Labute approximate surface area is 258 Å². The summed E-state index contributed by atoms with van der Waals surface area (Å²) in [5, 5.41) is 5.22. The first-order valence-electron chi connectivity index (χ1n) is 14.9. The molecule has 3 aromatic rings. The molecule has 0 saturated carbocycles. The number of amides is 2. The molecule has 9 nitrogen and oxygen atoms in total. The van der Waals surface area contributed by atoms with Crippen LogP contribution in [0.15, 0.2) is 78.9 Å². The van der Waals surface area contributed by atoms with Gasteiger partial charge in [0.2, 0.25) is 0 Å². The third-order valence-corrected chi connectivity index (χ3v) is 7.63. The quantitative estimate of drug-likeness (QED) is 0.138. The predicted octanol–water partition coefficient (Wildman–Crippen LogP) is 5.30. The molecule has 0 radical (unpaired) electrons. The summed E-state index contributed by atoms with van der Waals surface area (Å²) in [5.41, 5.74) is 7.91. The van der Waals surface area contributed by atoms with E-state index in [0.717, 1.165) is 27.8 Å². The fourth-order valence-electron chi connectivity index (χ4n) is 5.58. The molecule has 44 heavy (non-hydrogen) atoms. The van der Waals surface area contributed by atoms with Crippen LogP contribution in [0.2, 0.25) is 0 Å². The number of ketones is 1. The van der Waals surface area contributed by atoms with Gasteiger partial charge in [0.25, 0.3) is 0 Å². The van der Waals surface area contributed by atoms with Crippen molar-refractivity contribution in [3.05, 3.63) is 95.6 Å². The maximum atomic E-state index is 14.2. The Morgan fingerprint density at radius 1 is 0.864 bits per heavy atom. The fraction of sp³-hybridized carbons (Fsp3) is 0.371. The van der Waals surface area contributed by atoms with E-state index < -0.39 is 35.2 Å². The second-order valence-electron chi connectivity index (χ2n) is 12.0. The number of hydrogen-bond donors (Lipinski definition) is 3. The van der Waals surface area contributed by atoms with Crippen LogP contribution in [0.5, 0.6) is 0 Å². The van der Waals surface area contributed by atoms with Crippen molar-refractivity contribution in [3.63, 3.8) is 0 Å². The second kappa shape index (κ2) is 14.3. The lowest BCUT2D eigenvalue weighted by atomic mass is 9.83. The van der Waals surface area contributed by atoms with Crippen LogP contribution in [0, 0.1) is 0 Å². The van der Waals surface area contributed by atoms with Crippen LogP contribution in [-0.2, 0) is 25.5 Å². The summed E-state index contributed by atoms with van der Waals surface area (Å²) in [6, 6.07) is 23.9. The van der Waals surface area contributed by atoms with Crippen LogP contribution in [-0.4, -0.2) is 54.6 Å². The number of nitrogens with two attached hydrogens (primary N) is 1. The highest BCUT2D eigenvalue weighted by Gasteiger charge is 2.44. The van der Waals surface area contributed by atoms with E-state index in [9.17, 15) is 19.2 Å². The number of unbranched alkanes of at least 4 members (excludes halogenated alkanes) is 1. The molecule has 0 unspecified atom stereocenters. The van der Waals surface area contributed by atoms with Gasteiger partial charge in [0.1, 0.15) is 12.2 Å². The van der Waals surface area contributed by atoms with Crippen LogP contribution in [0.4, 0.5) is 9.59 Å².